The summed E-state index contributed by atoms with van der Waals surface area (Å²) in [6, 6.07) is 7.60. The molecule has 0 fully saturated rings. The smallest absolute Gasteiger partial charge is 0.269 e. The predicted molar refractivity (Wildman–Crippen MR) is 101 cm³/mol. The molecule has 1 unspecified atom stereocenters. The van der Waals surface area contributed by atoms with Gasteiger partial charge < -0.3 is 20.5 Å². The van der Waals surface area contributed by atoms with Crippen molar-refractivity contribution in [1.82, 2.24) is 20.4 Å². The van der Waals surface area contributed by atoms with E-state index in [4.69, 9.17) is 4.74 Å². The minimum atomic E-state index is -0.777. The monoisotopic (exact) mass is 376 g/mol. The van der Waals surface area contributed by atoms with E-state index < -0.39 is 11.0 Å². The molecule has 0 spiro atoms. The highest BCUT2D eigenvalue weighted by Gasteiger charge is 2.09. The first kappa shape index (κ1) is 20.2. The number of aryl methyl sites for hydroxylation is 1. The van der Waals surface area contributed by atoms with Crippen molar-refractivity contribution >= 4 is 11.6 Å². The number of nitro groups is 1. The Morgan fingerprint density at radius 3 is 2.70 bits per heavy atom. The van der Waals surface area contributed by atoms with Crippen molar-refractivity contribution < 1.29 is 14.8 Å². The molecule has 1 atom stereocenters. The Bertz CT molecular complexity index is 759. The second-order valence-electron chi connectivity index (χ2n) is 5.74. The first-order valence-electron chi connectivity index (χ1n) is 8.54. The number of benzene rings is 1. The molecule has 1 aromatic heterocycles. The number of nitrogens with zero attached hydrogens (tertiary/aromatic N) is 4. The summed E-state index contributed by atoms with van der Waals surface area (Å²) >= 11 is 0. The number of aliphatic hydroxyl groups is 1. The lowest BCUT2D eigenvalue weighted by Crippen LogP contribution is -2.42. The van der Waals surface area contributed by atoms with Crippen molar-refractivity contribution in [3.8, 4) is 5.75 Å². The molecule has 10 nitrogen and oxygen atoms in total. The highest BCUT2D eigenvalue weighted by Crippen LogP contribution is 2.17. The quantitative estimate of drug-likeness (QED) is 0.256. The summed E-state index contributed by atoms with van der Waals surface area (Å²) in [5.74, 6) is 1.03. The van der Waals surface area contributed by atoms with E-state index in [9.17, 15) is 15.2 Å². The van der Waals surface area contributed by atoms with Crippen LogP contribution in [0.15, 0.2) is 41.5 Å². The van der Waals surface area contributed by atoms with Gasteiger partial charge in [0, 0.05) is 38.5 Å². The molecule has 1 heterocycles. The van der Waals surface area contributed by atoms with E-state index in [0.717, 1.165) is 5.69 Å². The highest BCUT2D eigenvalue weighted by molar-refractivity contribution is 5.79. The van der Waals surface area contributed by atoms with Gasteiger partial charge in [0.2, 0.25) is 0 Å². The number of nitro benzene ring substituents is 1. The molecule has 1 aromatic carbocycles. The number of non-ortho nitro benzene ring substituents is 1. The molecule has 3 N–H and O–H groups in total. The molecule has 27 heavy (non-hydrogen) atoms. The molecule has 0 aliphatic carbocycles. The normalized spacial score (nSPS) is 12.5. The topological polar surface area (TPSA) is 127 Å². The molecule has 0 amide bonds. The van der Waals surface area contributed by atoms with Crippen LogP contribution < -0.4 is 15.4 Å². The summed E-state index contributed by atoms with van der Waals surface area (Å²) in [4.78, 5) is 14.6. The Balaban J connectivity index is 1.79. The summed E-state index contributed by atoms with van der Waals surface area (Å²) in [5, 5.41) is 30.9. The average Bonchev–Trinajstić information content (AvgIpc) is 3.07. The van der Waals surface area contributed by atoms with Crippen LogP contribution in [0.4, 0.5) is 5.69 Å². The van der Waals surface area contributed by atoms with Gasteiger partial charge in [-0.25, -0.2) is 4.99 Å². The van der Waals surface area contributed by atoms with Gasteiger partial charge in [-0.05, 0) is 25.1 Å². The molecule has 2 rings (SSSR count). The summed E-state index contributed by atoms with van der Waals surface area (Å²) in [5.41, 5.74) is 0.957. The number of ether oxygens (including phenoxy) is 1. The van der Waals surface area contributed by atoms with E-state index in [1.165, 1.54) is 24.3 Å². The third-order valence-electron chi connectivity index (χ3n) is 3.66. The Kier molecular flexibility index (Phi) is 7.56. The molecule has 0 aliphatic heterocycles. The van der Waals surface area contributed by atoms with Crippen molar-refractivity contribution in [2.75, 3.05) is 19.7 Å². The van der Waals surface area contributed by atoms with Gasteiger partial charge in [-0.15, -0.1) is 0 Å². The van der Waals surface area contributed by atoms with E-state index in [0.29, 0.717) is 24.8 Å². The Labute approximate surface area is 157 Å². The molecule has 0 saturated heterocycles. The number of rotatable bonds is 9. The van der Waals surface area contributed by atoms with Crippen LogP contribution in [0, 0.1) is 10.1 Å². The zero-order chi connectivity index (χ0) is 19.6. The van der Waals surface area contributed by atoms with Gasteiger partial charge in [0.25, 0.3) is 5.69 Å². The standard InChI is InChI=1S/C17H24N6O4/c1-3-18-17(19-10-14-8-9-21-22(14)2)20-11-15(24)12-27-16-6-4-13(5-7-16)23(25)26/h4-9,15,24H,3,10-12H2,1-2H3,(H2,18,19,20). The molecule has 0 bridgehead atoms. The first-order chi connectivity index (χ1) is 13.0. The van der Waals surface area contributed by atoms with Gasteiger partial charge in [-0.1, -0.05) is 0 Å². The molecular formula is C17H24N6O4. The Morgan fingerprint density at radius 1 is 1.37 bits per heavy atom. The SMILES string of the molecule is CCNC(=NCc1ccnn1C)NCC(O)COc1ccc([N+](=O)[O-])cc1. The number of hydrogen-bond donors (Lipinski definition) is 3. The fourth-order valence-corrected chi connectivity index (χ4v) is 2.19. The maximum Gasteiger partial charge on any atom is 0.269 e. The van der Waals surface area contributed by atoms with Crippen molar-refractivity contribution in [3.05, 3.63) is 52.3 Å². The van der Waals surface area contributed by atoms with E-state index in [1.807, 2.05) is 20.0 Å². The highest BCUT2D eigenvalue weighted by atomic mass is 16.6. The number of nitrogens with one attached hydrogen (secondary N) is 2. The fraction of sp³-hybridized carbons (Fsp3) is 0.412. The molecule has 10 heteroatoms. The van der Waals surface area contributed by atoms with E-state index >= 15 is 0 Å². The predicted octanol–water partition coefficient (Wildman–Crippen LogP) is 0.823. The average molecular weight is 376 g/mol. The van der Waals surface area contributed by atoms with Crippen LogP contribution in [0.1, 0.15) is 12.6 Å². The molecule has 2 aromatic rings. The lowest BCUT2D eigenvalue weighted by Gasteiger charge is -2.16. The van der Waals surface area contributed by atoms with Crippen LogP contribution in [0.5, 0.6) is 5.75 Å². The third-order valence-corrected chi connectivity index (χ3v) is 3.66. The maximum absolute atomic E-state index is 10.6. The Hall–Kier alpha value is -3.14. The van der Waals surface area contributed by atoms with Gasteiger partial charge in [0.05, 0.1) is 17.2 Å². The van der Waals surface area contributed by atoms with Gasteiger partial charge in [0.1, 0.15) is 18.5 Å². The zero-order valence-corrected chi connectivity index (χ0v) is 15.3. The zero-order valence-electron chi connectivity index (χ0n) is 15.3. The minimum absolute atomic E-state index is 0.00974. The number of guanidine groups is 1. The second kappa shape index (κ2) is 10.1. The van der Waals surface area contributed by atoms with Crippen molar-refractivity contribution in [3.63, 3.8) is 0 Å². The summed E-state index contributed by atoms with van der Waals surface area (Å²) in [6.45, 7) is 3.39. The van der Waals surface area contributed by atoms with Crippen LogP contribution in [0.2, 0.25) is 0 Å². The van der Waals surface area contributed by atoms with Crippen molar-refractivity contribution in [2.45, 2.75) is 19.6 Å². The third kappa shape index (κ3) is 6.59. The van der Waals surface area contributed by atoms with Crippen molar-refractivity contribution in [2.24, 2.45) is 12.0 Å². The largest absolute Gasteiger partial charge is 0.491 e. The molecule has 0 radical (unpaired) electrons. The summed E-state index contributed by atoms with van der Waals surface area (Å²) in [6.07, 6.45) is 0.936. The van der Waals surface area contributed by atoms with E-state index in [2.05, 4.69) is 20.7 Å². The number of hydrogen-bond acceptors (Lipinski definition) is 6. The minimum Gasteiger partial charge on any atom is -0.491 e. The molecular weight excluding hydrogens is 352 g/mol. The summed E-state index contributed by atoms with van der Waals surface area (Å²) in [7, 11) is 1.85. The van der Waals surface area contributed by atoms with Crippen LogP contribution in [0.3, 0.4) is 0 Å². The van der Waals surface area contributed by atoms with Gasteiger partial charge >= 0.3 is 0 Å². The van der Waals surface area contributed by atoms with E-state index in [-0.39, 0.29) is 18.8 Å². The van der Waals surface area contributed by atoms with E-state index in [1.54, 1.807) is 10.9 Å². The Morgan fingerprint density at radius 2 is 2.11 bits per heavy atom. The fourth-order valence-electron chi connectivity index (χ4n) is 2.19. The van der Waals surface area contributed by atoms with Crippen molar-refractivity contribution in [1.29, 1.82) is 0 Å². The van der Waals surface area contributed by atoms with Gasteiger partial charge in [-0.2, -0.15) is 5.10 Å². The van der Waals surface area contributed by atoms with Crippen LogP contribution in [-0.4, -0.2) is 51.6 Å². The number of aliphatic hydroxyl groups excluding tert-OH is 1. The lowest BCUT2D eigenvalue weighted by atomic mass is 10.3. The van der Waals surface area contributed by atoms with Crippen LogP contribution in [-0.2, 0) is 13.6 Å². The number of aliphatic imine (C=N–C) groups is 1. The summed E-state index contributed by atoms with van der Waals surface area (Å²) < 4.78 is 7.19. The first-order valence-corrected chi connectivity index (χ1v) is 8.54. The van der Waals surface area contributed by atoms with Gasteiger partial charge in [-0.3, -0.25) is 14.8 Å². The molecule has 146 valence electrons. The van der Waals surface area contributed by atoms with Gasteiger partial charge in [0.15, 0.2) is 5.96 Å². The number of aromatic nitrogens is 2. The molecule has 0 saturated carbocycles. The van der Waals surface area contributed by atoms with Crippen LogP contribution >= 0.6 is 0 Å². The lowest BCUT2D eigenvalue weighted by molar-refractivity contribution is -0.384. The second-order valence-corrected chi connectivity index (χ2v) is 5.74. The molecule has 0 aliphatic rings. The van der Waals surface area contributed by atoms with Crippen LogP contribution in [0.25, 0.3) is 0 Å². The maximum atomic E-state index is 10.6.